The van der Waals surface area contributed by atoms with Gasteiger partial charge >= 0.3 is 0 Å². The van der Waals surface area contributed by atoms with E-state index in [4.69, 9.17) is 5.84 Å². The molecule has 4 nitrogen and oxygen atoms in total. The van der Waals surface area contributed by atoms with E-state index in [2.05, 4.69) is 57.3 Å². The SMILES string of the molecule is Cc1c(NN)nc(C(C)C)nc1Sc1cccc(Br)c1. The average Bonchev–Trinajstić information content (AvgIpc) is 2.41. The van der Waals surface area contributed by atoms with Crippen LogP contribution < -0.4 is 11.3 Å². The van der Waals surface area contributed by atoms with Crippen molar-refractivity contribution in [2.45, 2.75) is 36.6 Å². The van der Waals surface area contributed by atoms with Crippen LogP contribution in [0.25, 0.3) is 0 Å². The summed E-state index contributed by atoms with van der Waals surface area (Å²) >= 11 is 5.09. The van der Waals surface area contributed by atoms with Gasteiger partial charge in [-0.3, -0.25) is 0 Å². The summed E-state index contributed by atoms with van der Waals surface area (Å²) in [6.45, 7) is 6.11. The van der Waals surface area contributed by atoms with Crippen LogP contribution in [0.3, 0.4) is 0 Å². The van der Waals surface area contributed by atoms with Crippen molar-refractivity contribution in [1.29, 1.82) is 0 Å². The summed E-state index contributed by atoms with van der Waals surface area (Å²) in [5.41, 5.74) is 3.61. The van der Waals surface area contributed by atoms with Crippen LogP contribution in [0.1, 0.15) is 31.2 Å². The third-order valence-electron chi connectivity index (χ3n) is 2.78. The van der Waals surface area contributed by atoms with Gasteiger partial charge in [0.1, 0.15) is 16.7 Å². The summed E-state index contributed by atoms with van der Waals surface area (Å²) in [6, 6.07) is 8.14. The molecule has 0 fully saturated rings. The first-order valence-corrected chi connectivity index (χ1v) is 7.90. The second kappa shape index (κ2) is 6.56. The van der Waals surface area contributed by atoms with Crippen molar-refractivity contribution in [2.75, 3.05) is 5.43 Å². The maximum absolute atomic E-state index is 5.55. The number of nitrogens with two attached hydrogens (primary N) is 1. The van der Waals surface area contributed by atoms with Gasteiger partial charge in [-0.1, -0.05) is 47.6 Å². The molecule has 2 aromatic rings. The van der Waals surface area contributed by atoms with Gasteiger partial charge in [-0.25, -0.2) is 15.8 Å². The van der Waals surface area contributed by atoms with E-state index in [0.29, 0.717) is 5.82 Å². The summed E-state index contributed by atoms with van der Waals surface area (Å²) in [4.78, 5) is 10.2. The van der Waals surface area contributed by atoms with Gasteiger partial charge in [0.15, 0.2) is 0 Å². The van der Waals surface area contributed by atoms with E-state index in [1.807, 2.05) is 19.1 Å². The van der Waals surface area contributed by atoms with E-state index in [0.717, 1.165) is 25.8 Å². The van der Waals surface area contributed by atoms with Crippen LogP contribution in [-0.2, 0) is 0 Å². The lowest BCUT2D eigenvalue weighted by molar-refractivity contribution is 0.749. The van der Waals surface area contributed by atoms with E-state index in [1.165, 1.54) is 0 Å². The van der Waals surface area contributed by atoms with Crippen molar-refractivity contribution >= 4 is 33.5 Å². The third-order valence-corrected chi connectivity index (χ3v) is 4.36. The van der Waals surface area contributed by atoms with Crippen molar-refractivity contribution in [3.05, 3.63) is 40.1 Å². The van der Waals surface area contributed by atoms with Gasteiger partial charge in [-0.05, 0) is 25.1 Å². The maximum Gasteiger partial charge on any atom is 0.147 e. The summed E-state index contributed by atoms with van der Waals surface area (Å²) in [6.07, 6.45) is 0. The minimum absolute atomic E-state index is 0.254. The van der Waals surface area contributed by atoms with Crippen molar-refractivity contribution in [3.8, 4) is 0 Å². The molecule has 0 saturated carbocycles. The van der Waals surface area contributed by atoms with E-state index >= 15 is 0 Å². The normalized spacial score (nSPS) is 10.9. The molecule has 1 heterocycles. The highest BCUT2D eigenvalue weighted by Crippen LogP contribution is 2.33. The third kappa shape index (κ3) is 3.50. The van der Waals surface area contributed by atoms with Crippen LogP contribution >= 0.6 is 27.7 Å². The molecule has 0 spiro atoms. The van der Waals surface area contributed by atoms with Crippen molar-refractivity contribution in [1.82, 2.24) is 9.97 Å². The fraction of sp³-hybridized carbons (Fsp3) is 0.286. The lowest BCUT2D eigenvalue weighted by atomic mass is 10.2. The largest absolute Gasteiger partial charge is 0.308 e. The van der Waals surface area contributed by atoms with Gasteiger partial charge in [0.2, 0.25) is 0 Å². The van der Waals surface area contributed by atoms with Gasteiger partial charge in [0.25, 0.3) is 0 Å². The first kappa shape index (κ1) is 15.3. The molecule has 1 aromatic heterocycles. The number of nitrogens with one attached hydrogen (secondary N) is 1. The van der Waals surface area contributed by atoms with E-state index in [1.54, 1.807) is 11.8 Å². The predicted octanol–water partition coefficient (Wildman–Crippen LogP) is 4.11. The number of aromatic nitrogens is 2. The molecule has 0 amide bonds. The standard InChI is InChI=1S/C14H17BrN4S/c1-8(2)12-17-13(19-16)9(3)14(18-12)20-11-6-4-5-10(15)7-11/h4-8H,16H2,1-3H3,(H,17,18,19). The summed E-state index contributed by atoms with van der Waals surface area (Å²) in [5, 5.41) is 0.926. The molecular formula is C14H17BrN4S. The lowest BCUT2D eigenvalue weighted by Gasteiger charge is -2.13. The molecule has 0 unspecified atom stereocenters. The van der Waals surface area contributed by atoms with Crippen molar-refractivity contribution in [3.63, 3.8) is 0 Å². The van der Waals surface area contributed by atoms with Crippen molar-refractivity contribution < 1.29 is 0 Å². The quantitative estimate of drug-likeness (QED) is 0.492. The first-order valence-electron chi connectivity index (χ1n) is 6.30. The number of hydrazine groups is 1. The fourth-order valence-electron chi connectivity index (χ4n) is 1.65. The van der Waals surface area contributed by atoms with Crippen LogP contribution in [0.2, 0.25) is 0 Å². The van der Waals surface area contributed by atoms with Crippen LogP contribution in [0.4, 0.5) is 5.82 Å². The van der Waals surface area contributed by atoms with Gasteiger partial charge < -0.3 is 5.43 Å². The number of halogens is 1. The fourth-order valence-corrected chi connectivity index (χ4v) is 3.15. The zero-order chi connectivity index (χ0) is 14.7. The second-order valence-electron chi connectivity index (χ2n) is 4.72. The smallest absolute Gasteiger partial charge is 0.147 e. The molecule has 3 N–H and O–H groups in total. The molecule has 0 bridgehead atoms. The Kier molecular flexibility index (Phi) is 5.01. The van der Waals surface area contributed by atoms with Crippen molar-refractivity contribution in [2.24, 2.45) is 5.84 Å². The van der Waals surface area contributed by atoms with Crippen LogP contribution in [0.5, 0.6) is 0 Å². The Balaban J connectivity index is 2.42. The second-order valence-corrected chi connectivity index (χ2v) is 6.70. The number of nitrogen functional groups attached to an aromatic ring is 1. The average molecular weight is 353 g/mol. The molecule has 0 aliphatic carbocycles. The molecule has 0 saturated heterocycles. The van der Waals surface area contributed by atoms with Gasteiger partial charge in [0, 0.05) is 20.8 Å². The molecule has 6 heteroatoms. The molecule has 106 valence electrons. The highest BCUT2D eigenvalue weighted by atomic mass is 79.9. The Labute approximate surface area is 131 Å². The summed E-state index contributed by atoms with van der Waals surface area (Å²) < 4.78 is 1.05. The van der Waals surface area contributed by atoms with Gasteiger partial charge in [-0.2, -0.15) is 0 Å². The lowest BCUT2D eigenvalue weighted by Crippen LogP contribution is -2.13. The van der Waals surface area contributed by atoms with Crippen LogP contribution in [0.15, 0.2) is 38.7 Å². The van der Waals surface area contributed by atoms with Crippen LogP contribution in [0, 0.1) is 6.92 Å². The number of rotatable bonds is 4. The van der Waals surface area contributed by atoms with E-state index < -0.39 is 0 Å². The van der Waals surface area contributed by atoms with E-state index in [-0.39, 0.29) is 5.92 Å². The highest BCUT2D eigenvalue weighted by Gasteiger charge is 2.13. The molecule has 1 aromatic carbocycles. The molecule has 0 radical (unpaired) electrons. The molecule has 20 heavy (non-hydrogen) atoms. The Morgan fingerprint density at radius 2 is 2.05 bits per heavy atom. The Bertz CT molecular complexity index is 616. The zero-order valence-corrected chi connectivity index (χ0v) is 14.0. The summed E-state index contributed by atoms with van der Waals surface area (Å²) in [5.74, 6) is 7.28. The first-order chi connectivity index (χ1) is 9.51. The minimum Gasteiger partial charge on any atom is -0.308 e. The Morgan fingerprint density at radius 3 is 2.65 bits per heavy atom. The Hall–Kier alpha value is -1.11. The predicted molar refractivity (Wildman–Crippen MR) is 86.9 cm³/mol. The number of hydrogen-bond acceptors (Lipinski definition) is 5. The molecule has 2 rings (SSSR count). The van der Waals surface area contributed by atoms with Crippen LogP contribution in [-0.4, -0.2) is 9.97 Å². The monoisotopic (exact) mass is 352 g/mol. The number of anilines is 1. The summed E-state index contributed by atoms with van der Waals surface area (Å²) in [7, 11) is 0. The molecular weight excluding hydrogens is 336 g/mol. The number of hydrogen-bond donors (Lipinski definition) is 2. The zero-order valence-electron chi connectivity index (χ0n) is 11.6. The molecule has 0 aliphatic rings. The number of benzene rings is 1. The van der Waals surface area contributed by atoms with Gasteiger partial charge in [-0.15, -0.1) is 0 Å². The number of nitrogens with zero attached hydrogens (tertiary/aromatic N) is 2. The highest BCUT2D eigenvalue weighted by molar-refractivity contribution is 9.10. The minimum atomic E-state index is 0.254. The molecule has 0 aliphatic heterocycles. The van der Waals surface area contributed by atoms with E-state index in [9.17, 15) is 0 Å². The maximum atomic E-state index is 5.55. The van der Waals surface area contributed by atoms with Gasteiger partial charge in [0.05, 0.1) is 0 Å². The Morgan fingerprint density at radius 1 is 1.30 bits per heavy atom. The topological polar surface area (TPSA) is 63.8 Å². The molecule has 0 atom stereocenters.